The van der Waals surface area contributed by atoms with Gasteiger partial charge in [0.25, 0.3) is 0 Å². The monoisotopic (exact) mass is 281 g/mol. The zero-order chi connectivity index (χ0) is 14.5. The van der Waals surface area contributed by atoms with Crippen molar-refractivity contribution in [3.05, 3.63) is 35.1 Å². The molecule has 0 saturated carbocycles. The number of aliphatic hydroxyl groups is 1. The molecule has 1 aliphatic rings. The molecule has 1 fully saturated rings. The lowest BCUT2D eigenvalue weighted by atomic mass is 9.99. The summed E-state index contributed by atoms with van der Waals surface area (Å²) in [5.74, 6) is -0.233. The van der Waals surface area contributed by atoms with E-state index in [2.05, 4.69) is 11.8 Å². The van der Waals surface area contributed by atoms with Crippen molar-refractivity contribution >= 4 is 0 Å². The Balaban J connectivity index is 1.95. The Morgan fingerprint density at radius 1 is 1.50 bits per heavy atom. The number of hydrogen-bond acceptors (Lipinski definition) is 3. The third kappa shape index (κ3) is 4.01. The normalized spacial score (nSPS) is 21.9. The van der Waals surface area contributed by atoms with Gasteiger partial charge in [0, 0.05) is 19.5 Å². The molecule has 1 aromatic rings. The van der Waals surface area contributed by atoms with E-state index in [1.807, 2.05) is 6.92 Å². The third-order valence-corrected chi connectivity index (χ3v) is 3.88. The molecule has 0 bridgehead atoms. The summed E-state index contributed by atoms with van der Waals surface area (Å²) in [6, 6.07) is 4.70. The van der Waals surface area contributed by atoms with Crippen LogP contribution < -0.4 is 0 Å². The number of hydrogen-bond donors (Lipinski definition) is 1. The van der Waals surface area contributed by atoms with Crippen LogP contribution in [-0.4, -0.2) is 48.5 Å². The Bertz CT molecular complexity index is 436. The Hall–Kier alpha value is -0.970. The summed E-state index contributed by atoms with van der Waals surface area (Å²) in [7, 11) is 0. The van der Waals surface area contributed by atoms with Gasteiger partial charge in [-0.25, -0.2) is 4.39 Å². The van der Waals surface area contributed by atoms with Crippen molar-refractivity contribution in [1.29, 1.82) is 0 Å². The number of nitrogens with zero attached hydrogens (tertiary/aromatic N) is 1. The van der Waals surface area contributed by atoms with Crippen molar-refractivity contribution in [2.24, 2.45) is 0 Å². The minimum absolute atomic E-state index is 0.153. The third-order valence-electron chi connectivity index (χ3n) is 3.88. The predicted molar refractivity (Wildman–Crippen MR) is 77.3 cm³/mol. The van der Waals surface area contributed by atoms with E-state index in [0.717, 1.165) is 37.2 Å². The lowest BCUT2D eigenvalue weighted by molar-refractivity contribution is -0.0877. The first-order valence-electron chi connectivity index (χ1n) is 7.37. The van der Waals surface area contributed by atoms with Gasteiger partial charge in [-0.15, -0.1) is 0 Å². The van der Waals surface area contributed by atoms with E-state index in [1.165, 1.54) is 12.1 Å². The molecule has 0 amide bonds. The molecule has 20 heavy (non-hydrogen) atoms. The van der Waals surface area contributed by atoms with Gasteiger partial charge in [0.05, 0.1) is 18.8 Å². The van der Waals surface area contributed by atoms with Gasteiger partial charge < -0.3 is 9.84 Å². The lowest BCUT2D eigenvalue weighted by Crippen LogP contribution is -2.48. The fraction of sp³-hybridized carbons (Fsp3) is 0.625. The standard InChI is InChI=1S/C16H24FNO2/c1-3-6-18-7-8-20-16(11-18)15(19)10-13-4-5-14(17)9-12(13)2/h4-5,9,15-16,19H,3,6-8,10-11H2,1-2H3. The van der Waals surface area contributed by atoms with Gasteiger partial charge in [-0.05, 0) is 43.1 Å². The molecular weight excluding hydrogens is 257 g/mol. The predicted octanol–water partition coefficient (Wildman–Crippen LogP) is 2.15. The number of ether oxygens (including phenoxy) is 1. The molecule has 1 aromatic carbocycles. The van der Waals surface area contributed by atoms with Crippen molar-refractivity contribution in [3.8, 4) is 0 Å². The van der Waals surface area contributed by atoms with Crippen LogP contribution in [0.3, 0.4) is 0 Å². The number of benzene rings is 1. The molecule has 0 aliphatic carbocycles. The van der Waals surface area contributed by atoms with Crippen LogP contribution in [0.4, 0.5) is 4.39 Å². The van der Waals surface area contributed by atoms with E-state index in [9.17, 15) is 9.50 Å². The van der Waals surface area contributed by atoms with Crippen molar-refractivity contribution in [1.82, 2.24) is 4.90 Å². The van der Waals surface area contributed by atoms with Crippen molar-refractivity contribution in [3.63, 3.8) is 0 Å². The Morgan fingerprint density at radius 3 is 3.00 bits per heavy atom. The summed E-state index contributed by atoms with van der Waals surface area (Å²) in [4.78, 5) is 2.33. The molecule has 1 saturated heterocycles. The molecule has 112 valence electrons. The molecule has 0 aromatic heterocycles. The van der Waals surface area contributed by atoms with Crippen LogP contribution in [0.2, 0.25) is 0 Å². The number of aliphatic hydroxyl groups excluding tert-OH is 1. The van der Waals surface area contributed by atoms with Crippen LogP contribution >= 0.6 is 0 Å². The maximum absolute atomic E-state index is 13.1. The summed E-state index contributed by atoms with van der Waals surface area (Å²) in [6.07, 6.45) is 0.926. The van der Waals surface area contributed by atoms with Gasteiger partial charge in [-0.3, -0.25) is 4.90 Å². The first-order valence-corrected chi connectivity index (χ1v) is 7.37. The molecule has 0 radical (unpaired) electrons. The van der Waals surface area contributed by atoms with E-state index in [0.29, 0.717) is 13.0 Å². The average Bonchev–Trinajstić information content (AvgIpc) is 2.42. The van der Waals surface area contributed by atoms with Gasteiger partial charge in [-0.2, -0.15) is 0 Å². The summed E-state index contributed by atoms with van der Waals surface area (Å²) >= 11 is 0. The molecule has 1 aliphatic heterocycles. The highest BCUT2D eigenvalue weighted by Crippen LogP contribution is 2.17. The molecule has 1 heterocycles. The number of rotatable bonds is 5. The van der Waals surface area contributed by atoms with E-state index in [1.54, 1.807) is 6.07 Å². The molecular formula is C16H24FNO2. The summed E-state index contributed by atoms with van der Waals surface area (Å²) in [6.45, 7) is 7.45. The van der Waals surface area contributed by atoms with Crippen LogP contribution in [0.1, 0.15) is 24.5 Å². The molecule has 0 spiro atoms. The highest BCUT2D eigenvalue weighted by atomic mass is 19.1. The first-order chi connectivity index (χ1) is 9.60. The number of aryl methyl sites for hydroxylation is 1. The second kappa shape index (κ2) is 7.16. The van der Waals surface area contributed by atoms with E-state index >= 15 is 0 Å². The number of morpholine rings is 1. The molecule has 2 unspecified atom stereocenters. The second-order valence-electron chi connectivity index (χ2n) is 5.55. The largest absolute Gasteiger partial charge is 0.390 e. The van der Waals surface area contributed by atoms with Gasteiger partial charge in [0.2, 0.25) is 0 Å². The van der Waals surface area contributed by atoms with Crippen LogP contribution in [0.5, 0.6) is 0 Å². The Morgan fingerprint density at radius 2 is 2.30 bits per heavy atom. The van der Waals surface area contributed by atoms with Crippen molar-refractivity contribution in [2.75, 3.05) is 26.2 Å². The smallest absolute Gasteiger partial charge is 0.123 e. The fourth-order valence-corrected chi connectivity index (χ4v) is 2.73. The molecule has 2 atom stereocenters. The minimum atomic E-state index is -0.543. The van der Waals surface area contributed by atoms with Crippen LogP contribution in [-0.2, 0) is 11.2 Å². The van der Waals surface area contributed by atoms with Gasteiger partial charge in [-0.1, -0.05) is 13.0 Å². The average molecular weight is 281 g/mol. The maximum atomic E-state index is 13.1. The molecule has 3 nitrogen and oxygen atoms in total. The summed E-state index contributed by atoms with van der Waals surface area (Å²) in [5.41, 5.74) is 1.86. The topological polar surface area (TPSA) is 32.7 Å². The lowest BCUT2D eigenvalue weighted by Gasteiger charge is -2.35. The van der Waals surface area contributed by atoms with Crippen LogP contribution in [0, 0.1) is 12.7 Å². The first kappa shape index (κ1) is 15.4. The minimum Gasteiger partial charge on any atom is -0.390 e. The van der Waals surface area contributed by atoms with Gasteiger partial charge >= 0.3 is 0 Å². The van der Waals surface area contributed by atoms with E-state index < -0.39 is 6.10 Å². The summed E-state index contributed by atoms with van der Waals surface area (Å²) in [5, 5.41) is 10.4. The maximum Gasteiger partial charge on any atom is 0.123 e. The second-order valence-corrected chi connectivity index (χ2v) is 5.55. The highest BCUT2D eigenvalue weighted by Gasteiger charge is 2.26. The molecule has 2 rings (SSSR count). The Labute approximate surface area is 120 Å². The quantitative estimate of drug-likeness (QED) is 0.897. The Kier molecular flexibility index (Phi) is 5.52. The van der Waals surface area contributed by atoms with Crippen LogP contribution in [0.25, 0.3) is 0 Å². The number of halogens is 1. The molecule has 1 N–H and O–H groups in total. The zero-order valence-corrected chi connectivity index (χ0v) is 12.3. The van der Waals surface area contributed by atoms with Crippen molar-refractivity contribution < 1.29 is 14.2 Å². The van der Waals surface area contributed by atoms with Crippen molar-refractivity contribution in [2.45, 2.75) is 38.9 Å². The zero-order valence-electron chi connectivity index (χ0n) is 12.3. The van der Waals surface area contributed by atoms with Gasteiger partial charge in [0.1, 0.15) is 5.82 Å². The van der Waals surface area contributed by atoms with Crippen LogP contribution in [0.15, 0.2) is 18.2 Å². The van der Waals surface area contributed by atoms with E-state index in [-0.39, 0.29) is 11.9 Å². The SMILES string of the molecule is CCCN1CCOC(C(O)Cc2ccc(F)cc2C)C1. The fourth-order valence-electron chi connectivity index (χ4n) is 2.73. The highest BCUT2D eigenvalue weighted by molar-refractivity contribution is 5.27. The molecule has 4 heteroatoms. The summed E-state index contributed by atoms with van der Waals surface area (Å²) < 4.78 is 18.8. The van der Waals surface area contributed by atoms with Gasteiger partial charge in [0.15, 0.2) is 0 Å². The van der Waals surface area contributed by atoms with E-state index in [4.69, 9.17) is 4.74 Å².